The van der Waals surface area contributed by atoms with Gasteiger partial charge in [-0.2, -0.15) is 5.10 Å². The lowest BCUT2D eigenvalue weighted by Crippen LogP contribution is -2.01. The van der Waals surface area contributed by atoms with Crippen molar-refractivity contribution in [3.63, 3.8) is 0 Å². The third-order valence-electron chi connectivity index (χ3n) is 1.99. The van der Waals surface area contributed by atoms with E-state index in [0.29, 0.717) is 6.04 Å². The van der Waals surface area contributed by atoms with Crippen LogP contribution in [0.2, 0.25) is 0 Å². The van der Waals surface area contributed by atoms with Crippen LogP contribution in [0.5, 0.6) is 0 Å². The summed E-state index contributed by atoms with van der Waals surface area (Å²) in [6.45, 7) is 4.95. The molecule has 0 atom stereocenters. The smallest absolute Gasteiger partial charge is 0.205 e. The van der Waals surface area contributed by atoms with E-state index in [0.717, 1.165) is 17.2 Å². The first-order valence-electron chi connectivity index (χ1n) is 4.79. The maximum Gasteiger partial charge on any atom is 0.205 e. The molecule has 1 N–H and O–H groups in total. The molecule has 6 heteroatoms. The minimum Gasteiger partial charge on any atom is -0.356 e. The van der Waals surface area contributed by atoms with Crippen molar-refractivity contribution < 1.29 is 0 Å². The standard InChI is InChI=1S/C9H13N5S/c1-7(2)14-5-8(4-12-14)3-10-9-13-11-6-15-9/h4-7H,3H2,1-2H3,(H,10,13). The molecule has 15 heavy (non-hydrogen) atoms. The zero-order valence-electron chi connectivity index (χ0n) is 8.71. The highest BCUT2D eigenvalue weighted by atomic mass is 32.1. The van der Waals surface area contributed by atoms with E-state index in [1.165, 1.54) is 11.3 Å². The van der Waals surface area contributed by atoms with E-state index in [1.54, 1.807) is 5.51 Å². The molecule has 80 valence electrons. The van der Waals surface area contributed by atoms with Gasteiger partial charge in [-0.15, -0.1) is 10.2 Å². The van der Waals surface area contributed by atoms with Gasteiger partial charge in [-0.25, -0.2) is 0 Å². The lowest BCUT2D eigenvalue weighted by molar-refractivity contribution is 0.532. The van der Waals surface area contributed by atoms with Gasteiger partial charge in [-0.05, 0) is 13.8 Å². The summed E-state index contributed by atoms with van der Waals surface area (Å²) >= 11 is 1.49. The summed E-state index contributed by atoms with van der Waals surface area (Å²) < 4.78 is 1.94. The number of nitrogens with zero attached hydrogens (tertiary/aromatic N) is 4. The first-order valence-corrected chi connectivity index (χ1v) is 5.67. The number of aromatic nitrogens is 4. The second-order valence-electron chi connectivity index (χ2n) is 3.52. The Hall–Kier alpha value is -1.43. The van der Waals surface area contributed by atoms with Crippen LogP contribution >= 0.6 is 11.3 Å². The molecule has 0 bridgehead atoms. The van der Waals surface area contributed by atoms with Gasteiger partial charge in [-0.3, -0.25) is 4.68 Å². The summed E-state index contributed by atoms with van der Waals surface area (Å²) in [6, 6.07) is 0.403. The molecule has 0 aliphatic carbocycles. The van der Waals surface area contributed by atoms with E-state index in [1.807, 2.05) is 17.1 Å². The van der Waals surface area contributed by atoms with Gasteiger partial charge >= 0.3 is 0 Å². The van der Waals surface area contributed by atoms with Crippen LogP contribution in [0, 0.1) is 0 Å². The molecule has 0 aromatic carbocycles. The Balaban J connectivity index is 1.94. The predicted molar refractivity (Wildman–Crippen MR) is 59.8 cm³/mol. The zero-order valence-corrected chi connectivity index (χ0v) is 9.53. The van der Waals surface area contributed by atoms with Crippen molar-refractivity contribution in [2.24, 2.45) is 0 Å². The van der Waals surface area contributed by atoms with Crippen LogP contribution in [-0.4, -0.2) is 20.0 Å². The van der Waals surface area contributed by atoms with Gasteiger partial charge in [0.2, 0.25) is 5.13 Å². The van der Waals surface area contributed by atoms with Crippen LogP contribution in [0.3, 0.4) is 0 Å². The lowest BCUT2D eigenvalue weighted by atomic mass is 10.3. The predicted octanol–water partition coefficient (Wildman–Crippen LogP) is 1.93. The molecule has 0 radical (unpaired) electrons. The van der Waals surface area contributed by atoms with Crippen LogP contribution in [0.1, 0.15) is 25.5 Å². The lowest BCUT2D eigenvalue weighted by Gasteiger charge is -2.03. The highest BCUT2D eigenvalue weighted by Gasteiger charge is 2.02. The van der Waals surface area contributed by atoms with Crippen molar-refractivity contribution >= 4 is 16.5 Å². The zero-order chi connectivity index (χ0) is 10.7. The molecule has 2 aromatic heterocycles. The fraction of sp³-hybridized carbons (Fsp3) is 0.444. The largest absolute Gasteiger partial charge is 0.356 e. The van der Waals surface area contributed by atoms with Gasteiger partial charge < -0.3 is 5.32 Å². The van der Waals surface area contributed by atoms with E-state index in [4.69, 9.17) is 0 Å². The fourth-order valence-corrected chi connectivity index (χ4v) is 1.62. The normalized spacial score (nSPS) is 10.9. The molecular formula is C9H13N5S. The fourth-order valence-electron chi connectivity index (χ4n) is 1.18. The van der Waals surface area contributed by atoms with Gasteiger partial charge in [-0.1, -0.05) is 11.3 Å². The molecule has 2 rings (SSSR count). The number of hydrogen-bond acceptors (Lipinski definition) is 5. The summed E-state index contributed by atoms with van der Waals surface area (Å²) in [5.41, 5.74) is 2.86. The number of hydrogen-bond donors (Lipinski definition) is 1. The van der Waals surface area contributed by atoms with Crippen LogP contribution in [0.25, 0.3) is 0 Å². The molecule has 2 aromatic rings. The molecule has 0 spiro atoms. The van der Waals surface area contributed by atoms with E-state index >= 15 is 0 Å². The van der Waals surface area contributed by atoms with E-state index in [-0.39, 0.29) is 0 Å². The van der Waals surface area contributed by atoms with Gasteiger partial charge in [0.25, 0.3) is 0 Å². The van der Waals surface area contributed by atoms with Crippen molar-refractivity contribution in [1.82, 2.24) is 20.0 Å². The molecule has 0 aliphatic rings. The van der Waals surface area contributed by atoms with Gasteiger partial charge in [0, 0.05) is 24.3 Å². The first-order chi connectivity index (χ1) is 7.25. The molecule has 0 aliphatic heterocycles. The van der Waals surface area contributed by atoms with E-state index < -0.39 is 0 Å². The third-order valence-corrected chi connectivity index (χ3v) is 2.64. The Bertz CT molecular complexity index is 406. The minimum atomic E-state index is 0.403. The second-order valence-corrected chi connectivity index (χ2v) is 4.35. The Labute approximate surface area is 92.2 Å². The minimum absolute atomic E-state index is 0.403. The average molecular weight is 223 g/mol. The quantitative estimate of drug-likeness (QED) is 0.860. The summed E-state index contributed by atoms with van der Waals surface area (Å²) in [7, 11) is 0. The van der Waals surface area contributed by atoms with Crippen LogP contribution < -0.4 is 5.32 Å². The Morgan fingerprint density at radius 1 is 1.53 bits per heavy atom. The summed E-state index contributed by atoms with van der Waals surface area (Å²) in [5.74, 6) is 0. The maximum absolute atomic E-state index is 4.26. The van der Waals surface area contributed by atoms with Crippen LogP contribution in [-0.2, 0) is 6.54 Å². The van der Waals surface area contributed by atoms with Gasteiger partial charge in [0.15, 0.2) is 0 Å². The summed E-state index contributed by atoms with van der Waals surface area (Å²) in [6.07, 6.45) is 3.91. The monoisotopic (exact) mass is 223 g/mol. The maximum atomic E-state index is 4.26. The molecule has 0 unspecified atom stereocenters. The third kappa shape index (κ3) is 2.53. The van der Waals surface area contributed by atoms with Crippen LogP contribution in [0.4, 0.5) is 5.13 Å². The Morgan fingerprint density at radius 3 is 3.00 bits per heavy atom. The molecule has 0 amide bonds. The number of anilines is 1. The molecule has 0 saturated heterocycles. The highest BCUT2D eigenvalue weighted by Crippen LogP contribution is 2.11. The SMILES string of the molecule is CC(C)n1cc(CNc2nncs2)cn1. The molecule has 0 fully saturated rings. The first kappa shape index (κ1) is 10.1. The molecular weight excluding hydrogens is 210 g/mol. The highest BCUT2D eigenvalue weighted by molar-refractivity contribution is 7.13. The number of rotatable bonds is 4. The van der Waals surface area contributed by atoms with Crippen molar-refractivity contribution in [2.45, 2.75) is 26.4 Å². The Kier molecular flexibility index (Phi) is 2.96. The second kappa shape index (κ2) is 4.39. The molecule has 5 nitrogen and oxygen atoms in total. The van der Waals surface area contributed by atoms with Gasteiger partial charge in [0.05, 0.1) is 6.20 Å². The van der Waals surface area contributed by atoms with Crippen molar-refractivity contribution in [1.29, 1.82) is 0 Å². The Morgan fingerprint density at radius 2 is 2.40 bits per heavy atom. The van der Waals surface area contributed by atoms with Crippen molar-refractivity contribution in [2.75, 3.05) is 5.32 Å². The van der Waals surface area contributed by atoms with Crippen LogP contribution in [0.15, 0.2) is 17.9 Å². The number of nitrogens with one attached hydrogen (secondary N) is 1. The van der Waals surface area contributed by atoms with Crippen molar-refractivity contribution in [3.05, 3.63) is 23.5 Å². The summed E-state index contributed by atoms with van der Waals surface area (Å²) in [5, 5.41) is 15.9. The molecule has 0 saturated carbocycles. The van der Waals surface area contributed by atoms with Crippen molar-refractivity contribution in [3.8, 4) is 0 Å². The summed E-state index contributed by atoms with van der Waals surface area (Å²) in [4.78, 5) is 0. The average Bonchev–Trinajstić information content (AvgIpc) is 2.86. The molecule has 2 heterocycles. The van der Waals surface area contributed by atoms with E-state index in [2.05, 4.69) is 34.5 Å². The topological polar surface area (TPSA) is 55.6 Å². The van der Waals surface area contributed by atoms with Gasteiger partial charge in [0.1, 0.15) is 5.51 Å². The van der Waals surface area contributed by atoms with E-state index in [9.17, 15) is 0 Å².